The van der Waals surface area contributed by atoms with Crippen LogP contribution in [-0.4, -0.2) is 6.73 Å². The van der Waals surface area contributed by atoms with E-state index in [-0.39, 0.29) is 0 Å². The van der Waals surface area contributed by atoms with Crippen molar-refractivity contribution < 1.29 is 4.84 Å². The Morgan fingerprint density at radius 3 is 2.08 bits per heavy atom. The lowest BCUT2D eigenvalue weighted by Crippen LogP contribution is -1.85. The molecule has 12 heavy (non-hydrogen) atoms. The highest BCUT2D eigenvalue weighted by Gasteiger charge is 1.95. The van der Waals surface area contributed by atoms with Crippen LogP contribution in [0.1, 0.15) is 46.5 Å². The highest BCUT2D eigenvalue weighted by Crippen LogP contribution is 2.15. The lowest BCUT2D eigenvalue weighted by atomic mass is 10.0. The molecule has 2 nitrogen and oxygen atoms in total. The molecule has 1 N–H and O–H groups in total. The molecule has 0 atom stereocenters. The van der Waals surface area contributed by atoms with Gasteiger partial charge in [0.05, 0.1) is 0 Å². The molecule has 1 fully saturated rings. The number of nitrogens with one attached hydrogen (secondary N) is 1. The molecule has 0 saturated carbocycles. The molecule has 0 unspecified atom stereocenters. The molecule has 2 heteroatoms. The molecule has 0 bridgehead atoms. The summed E-state index contributed by atoms with van der Waals surface area (Å²) in [6, 6.07) is 0. The van der Waals surface area contributed by atoms with Gasteiger partial charge in [-0.05, 0) is 32.6 Å². The zero-order valence-corrected chi connectivity index (χ0v) is 8.52. The molecular formula is C10H21NO. The van der Waals surface area contributed by atoms with Crippen molar-refractivity contribution in [3.05, 3.63) is 11.6 Å². The number of hydrogen-bond donors (Lipinski definition) is 1. The van der Waals surface area contributed by atoms with Crippen molar-refractivity contribution in [2.75, 3.05) is 6.73 Å². The second kappa shape index (κ2) is 8.75. The summed E-state index contributed by atoms with van der Waals surface area (Å²) in [5.74, 6) is 0. The zero-order chi connectivity index (χ0) is 9.23. The quantitative estimate of drug-likeness (QED) is 0.449. The minimum atomic E-state index is 0.750. The Morgan fingerprint density at radius 2 is 1.92 bits per heavy atom. The first-order valence-electron chi connectivity index (χ1n) is 4.90. The molecule has 1 aliphatic carbocycles. The van der Waals surface area contributed by atoms with E-state index in [1.807, 2.05) is 13.8 Å². The fourth-order valence-electron chi connectivity index (χ4n) is 0.999. The van der Waals surface area contributed by atoms with E-state index in [9.17, 15) is 0 Å². The number of rotatable bonds is 0. The Kier molecular flexibility index (Phi) is 8.51. The summed E-state index contributed by atoms with van der Waals surface area (Å²) in [7, 11) is 0. The van der Waals surface area contributed by atoms with Crippen molar-refractivity contribution in [3.63, 3.8) is 0 Å². The molecule has 0 aromatic carbocycles. The van der Waals surface area contributed by atoms with Crippen LogP contribution in [-0.2, 0) is 4.84 Å². The van der Waals surface area contributed by atoms with Gasteiger partial charge in [-0.1, -0.05) is 25.5 Å². The van der Waals surface area contributed by atoms with Gasteiger partial charge >= 0.3 is 0 Å². The van der Waals surface area contributed by atoms with Crippen molar-refractivity contribution in [1.29, 1.82) is 0 Å². The summed E-state index contributed by atoms with van der Waals surface area (Å²) < 4.78 is 0. The van der Waals surface area contributed by atoms with Gasteiger partial charge in [0.25, 0.3) is 0 Å². The van der Waals surface area contributed by atoms with Gasteiger partial charge in [-0.2, -0.15) is 5.48 Å². The minimum Gasteiger partial charge on any atom is -0.282 e. The van der Waals surface area contributed by atoms with Crippen LogP contribution < -0.4 is 5.48 Å². The molecule has 0 aromatic heterocycles. The first-order chi connectivity index (χ1) is 5.89. The summed E-state index contributed by atoms with van der Waals surface area (Å²) in [4.78, 5) is 4.25. The first-order valence-corrected chi connectivity index (χ1v) is 4.90. The van der Waals surface area contributed by atoms with Crippen molar-refractivity contribution in [2.24, 2.45) is 0 Å². The van der Waals surface area contributed by atoms with Crippen LogP contribution in [0.4, 0.5) is 0 Å². The Hall–Kier alpha value is -0.340. The average molecular weight is 171 g/mol. The molecule has 0 aromatic rings. The van der Waals surface area contributed by atoms with Crippen LogP contribution in [0.3, 0.4) is 0 Å². The van der Waals surface area contributed by atoms with Crippen LogP contribution >= 0.6 is 0 Å². The van der Waals surface area contributed by atoms with E-state index < -0.39 is 0 Å². The predicted molar refractivity (Wildman–Crippen MR) is 52.7 cm³/mol. The molecule has 72 valence electrons. The fourth-order valence-corrected chi connectivity index (χ4v) is 0.999. The Morgan fingerprint density at radius 1 is 1.33 bits per heavy atom. The van der Waals surface area contributed by atoms with Crippen molar-refractivity contribution >= 4 is 0 Å². The molecule has 2 rings (SSSR count). The lowest BCUT2D eigenvalue weighted by molar-refractivity contribution is 0.412. The van der Waals surface area contributed by atoms with Crippen LogP contribution in [0.5, 0.6) is 0 Å². The number of hydrogen-bond acceptors (Lipinski definition) is 2. The fraction of sp³-hybridized carbons (Fsp3) is 0.800. The van der Waals surface area contributed by atoms with Crippen molar-refractivity contribution in [3.8, 4) is 0 Å². The largest absolute Gasteiger partial charge is 0.282 e. The van der Waals surface area contributed by atoms with E-state index in [0.717, 1.165) is 6.73 Å². The normalized spacial score (nSPS) is 19.1. The third-order valence-corrected chi connectivity index (χ3v) is 1.66. The number of allylic oxidation sites excluding steroid dienone is 2. The SMILES string of the molecule is C1NO1.CC.CC1=CCCCC1. The molecule has 2 aliphatic rings. The maximum absolute atomic E-state index is 4.25. The van der Waals surface area contributed by atoms with Crippen LogP contribution in [0.2, 0.25) is 0 Å². The van der Waals surface area contributed by atoms with Crippen molar-refractivity contribution in [1.82, 2.24) is 5.48 Å². The van der Waals surface area contributed by atoms with Gasteiger partial charge in [0.1, 0.15) is 6.73 Å². The monoisotopic (exact) mass is 171 g/mol. The first kappa shape index (κ1) is 11.7. The molecule has 0 spiro atoms. The van der Waals surface area contributed by atoms with E-state index in [1.54, 1.807) is 5.57 Å². The van der Waals surface area contributed by atoms with Crippen molar-refractivity contribution in [2.45, 2.75) is 46.5 Å². The van der Waals surface area contributed by atoms with E-state index in [4.69, 9.17) is 0 Å². The Labute approximate surface area is 76.0 Å². The van der Waals surface area contributed by atoms with E-state index in [1.165, 1.54) is 25.7 Å². The predicted octanol–water partition coefficient (Wildman–Crippen LogP) is 3.01. The van der Waals surface area contributed by atoms with Crippen LogP contribution in [0.15, 0.2) is 11.6 Å². The standard InChI is InChI=1S/C7H12.C2H6.CH3NO/c1-7-5-3-2-4-6-7;1-2;1-2-3-1/h5H,2-4,6H2,1H3;1-2H3;2H,1H2. The van der Waals surface area contributed by atoms with Crippen LogP contribution in [0.25, 0.3) is 0 Å². The summed E-state index contributed by atoms with van der Waals surface area (Å²) in [5.41, 5.74) is 4.09. The van der Waals surface area contributed by atoms with Gasteiger partial charge in [-0.15, -0.1) is 0 Å². The zero-order valence-electron chi connectivity index (χ0n) is 8.52. The second-order valence-electron chi connectivity index (χ2n) is 2.73. The lowest BCUT2D eigenvalue weighted by Gasteiger charge is -2.05. The minimum absolute atomic E-state index is 0.750. The third-order valence-electron chi connectivity index (χ3n) is 1.66. The summed E-state index contributed by atoms with van der Waals surface area (Å²) >= 11 is 0. The third kappa shape index (κ3) is 9.66. The smallest absolute Gasteiger partial charge is 0.141 e. The summed E-state index contributed by atoms with van der Waals surface area (Å²) in [6.45, 7) is 6.97. The molecular weight excluding hydrogens is 150 g/mol. The van der Waals surface area contributed by atoms with Gasteiger partial charge in [-0.25, -0.2) is 0 Å². The number of hydroxylamine groups is 1. The topological polar surface area (TPSA) is 34.5 Å². The highest BCUT2D eigenvalue weighted by molar-refractivity contribution is 5.00. The molecule has 1 saturated heterocycles. The van der Waals surface area contributed by atoms with Gasteiger partial charge in [0, 0.05) is 0 Å². The second-order valence-corrected chi connectivity index (χ2v) is 2.73. The average Bonchev–Trinajstić information content (AvgIpc) is 2.95. The van der Waals surface area contributed by atoms with Gasteiger partial charge in [0.15, 0.2) is 0 Å². The van der Waals surface area contributed by atoms with Gasteiger partial charge in [0.2, 0.25) is 0 Å². The highest BCUT2D eigenvalue weighted by atomic mass is 16.8. The molecule has 1 heterocycles. The van der Waals surface area contributed by atoms with E-state index in [0.29, 0.717) is 0 Å². The maximum atomic E-state index is 4.25. The Bertz CT molecular complexity index is 116. The van der Waals surface area contributed by atoms with E-state index >= 15 is 0 Å². The molecule has 1 aliphatic heterocycles. The van der Waals surface area contributed by atoms with Gasteiger partial charge < -0.3 is 0 Å². The molecule has 0 radical (unpaired) electrons. The maximum Gasteiger partial charge on any atom is 0.141 e. The van der Waals surface area contributed by atoms with Crippen LogP contribution in [0, 0.1) is 0 Å². The Balaban J connectivity index is 0.000000202. The molecule has 0 amide bonds. The van der Waals surface area contributed by atoms with Gasteiger partial charge in [-0.3, -0.25) is 4.84 Å². The van der Waals surface area contributed by atoms with E-state index in [2.05, 4.69) is 23.3 Å². The summed E-state index contributed by atoms with van der Waals surface area (Å²) in [6.07, 6.45) is 7.86. The summed E-state index contributed by atoms with van der Waals surface area (Å²) in [5, 5.41) is 0.